The molecule has 1 rings (SSSR count). The van der Waals surface area contributed by atoms with Crippen molar-refractivity contribution in [2.24, 2.45) is 0 Å². The summed E-state index contributed by atoms with van der Waals surface area (Å²) in [5.41, 5.74) is 0. The second-order valence-electron chi connectivity index (χ2n) is 3.54. The van der Waals surface area contributed by atoms with Crippen LogP contribution in [0.5, 0.6) is 0 Å². The Kier molecular flexibility index (Phi) is 2.50. The van der Waals surface area contributed by atoms with Gasteiger partial charge in [-0.3, -0.25) is 0 Å². The molecule has 0 aliphatic carbocycles. The van der Waals surface area contributed by atoms with Crippen LogP contribution < -0.4 is 0 Å². The number of likely N-dealkylation sites (tertiary alicyclic amines) is 1. The monoisotopic (exact) mass is 161 g/mol. The summed E-state index contributed by atoms with van der Waals surface area (Å²) in [6.45, 7) is 4.92. The molecular weight excluding hydrogens is 145 g/mol. The lowest BCUT2D eigenvalue weighted by atomic mass is 10.2. The highest BCUT2D eigenvalue weighted by Crippen LogP contribution is 2.26. The summed E-state index contributed by atoms with van der Waals surface area (Å²) in [6, 6.07) is 0. The van der Waals surface area contributed by atoms with Crippen molar-refractivity contribution in [3.8, 4) is 0 Å². The van der Waals surface area contributed by atoms with E-state index in [2.05, 4.69) is 0 Å². The number of likely N-dealkylation sites (N-methyl/N-ethyl adjacent to an activating group) is 1. The normalized spacial score (nSPS) is 33.5. The summed E-state index contributed by atoms with van der Waals surface area (Å²) in [5.74, 6) is -1.39. The molecule has 1 aliphatic rings. The Morgan fingerprint density at radius 1 is 1.55 bits per heavy atom. The standard InChI is InChI=1S/C8H16FNO/c1-7(2)11-8(9)4-5-10(3)6-8/h7H,4-6H2,1-3H3/t8-/m1/s1. The number of alkyl halides is 1. The lowest BCUT2D eigenvalue weighted by molar-refractivity contribution is -0.158. The summed E-state index contributed by atoms with van der Waals surface area (Å²) >= 11 is 0. The minimum absolute atomic E-state index is 0.0218. The second kappa shape index (κ2) is 3.07. The molecule has 1 aliphatic heterocycles. The maximum absolute atomic E-state index is 13.5. The molecule has 0 radical (unpaired) electrons. The van der Waals surface area contributed by atoms with Crippen molar-refractivity contribution >= 4 is 0 Å². The average Bonchev–Trinajstić information content (AvgIpc) is 2.08. The van der Waals surface area contributed by atoms with Crippen LogP contribution >= 0.6 is 0 Å². The van der Waals surface area contributed by atoms with E-state index in [0.29, 0.717) is 13.0 Å². The van der Waals surface area contributed by atoms with Crippen molar-refractivity contribution in [2.75, 3.05) is 20.1 Å². The first-order chi connectivity index (χ1) is 5.02. The van der Waals surface area contributed by atoms with Crippen molar-refractivity contribution < 1.29 is 9.13 Å². The van der Waals surface area contributed by atoms with Crippen molar-refractivity contribution in [3.05, 3.63) is 0 Å². The van der Waals surface area contributed by atoms with Crippen LogP contribution in [0, 0.1) is 0 Å². The summed E-state index contributed by atoms with van der Waals surface area (Å²) < 4.78 is 18.7. The van der Waals surface area contributed by atoms with Crippen LogP contribution in [0.1, 0.15) is 20.3 Å². The first-order valence-corrected chi connectivity index (χ1v) is 4.07. The van der Waals surface area contributed by atoms with Gasteiger partial charge in [-0.05, 0) is 20.9 Å². The molecule has 0 saturated carbocycles. The minimum atomic E-state index is -1.39. The van der Waals surface area contributed by atoms with Crippen molar-refractivity contribution in [1.29, 1.82) is 0 Å². The van der Waals surface area contributed by atoms with Crippen LogP contribution in [-0.2, 0) is 4.74 Å². The van der Waals surface area contributed by atoms with E-state index in [4.69, 9.17) is 4.74 Å². The minimum Gasteiger partial charge on any atom is -0.342 e. The van der Waals surface area contributed by atoms with Crippen LogP contribution in [0.3, 0.4) is 0 Å². The number of hydrogen-bond donors (Lipinski definition) is 0. The Hall–Kier alpha value is -0.150. The number of hydrogen-bond acceptors (Lipinski definition) is 2. The van der Waals surface area contributed by atoms with E-state index in [-0.39, 0.29) is 6.10 Å². The van der Waals surface area contributed by atoms with Crippen LogP contribution in [0.2, 0.25) is 0 Å². The average molecular weight is 161 g/mol. The van der Waals surface area contributed by atoms with Gasteiger partial charge >= 0.3 is 0 Å². The molecule has 0 bridgehead atoms. The van der Waals surface area contributed by atoms with E-state index in [1.165, 1.54) is 0 Å². The van der Waals surface area contributed by atoms with E-state index in [0.717, 1.165) is 6.54 Å². The molecule has 0 spiro atoms. The molecule has 1 saturated heterocycles. The number of nitrogens with zero attached hydrogens (tertiary/aromatic N) is 1. The first kappa shape index (κ1) is 8.94. The van der Waals surface area contributed by atoms with Crippen LogP contribution in [0.15, 0.2) is 0 Å². The predicted molar refractivity (Wildman–Crippen MR) is 42.2 cm³/mol. The van der Waals surface area contributed by atoms with Gasteiger partial charge in [0.05, 0.1) is 12.6 Å². The molecule has 11 heavy (non-hydrogen) atoms. The fourth-order valence-electron chi connectivity index (χ4n) is 1.44. The zero-order chi connectivity index (χ0) is 8.48. The fraction of sp³-hybridized carbons (Fsp3) is 1.00. The Balaban J connectivity index is 2.42. The predicted octanol–water partition coefficient (Wildman–Crippen LogP) is 1.41. The highest BCUT2D eigenvalue weighted by atomic mass is 19.2. The van der Waals surface area contributed by atoms with Crippen molar-refractivity contribution in [3.63, 3.8) is 0 Å². The van der Waals surface area contributed by atoms with Crippen LogP contribution in [-0.4, -0.2) is 37.0 Å². The van der Waals surface area contributed by atoms with Gasteiger partial charge in [0.1, 0.15) is 0 Å². The molecule has 0 amide bonds. The Morgan fingerprint density at radius 3 is 2.55 bits per heavy atom. The van der Waals surface area contributed by atoms with Gasteiger partial charge in [0.25, 0.3) is 0 Å². The van der Waals surface area contributed by atoms with Gasteiger partial charge < -0.3 is 9.64 Å². The Morgan fingerprint density at radius 2 is 2.18 bits per heavy atom. The largest absolute Gasteiger partial charge is 0.342 e. The smallest absolute Gasteiger partial charge is 0.223 e. The van der Waals surface area contributed by atoms with E-state index in [9.17, 15) is 4.39 Å². The van der Waals surface area contributed by atoms with Gasteiger partial charge in [-0.2, -0.15) is 0 Å². The van der Waals surface area contributed by atoms with Crippen molar-refractivity contribution in [1.82, 2.24) is 4.90 Å². The lowest BCUT2D eigenvalue weighted by Gasteiger charge is -2.22. The zero-order valence-corrected chi connectivity index (χ0v) is 7.43. The molecular formula is C8H16FNO. The Labute approximate surface area is 67.3 Å². The summed E-state index contributed by atoms with van der Waals surface area (Å²) in [4.78, 5) is 1.95. The maximum atomic E-state index is 13.5. The molecule has 0 aromatic carbocycles. The summed E-state index contributed by atoms with van der Waals surface area (Å²) in [5, 5.41) is 0. The molecule has 2 nitrogen and oxygen atoms in total. The molecule has 0 aromatic rings. The van der Waals surface area contributed by atoms with E-state index in [1.54, 1.807) is 0 Å². The van der Waals surface area contributed by atoms with E-state index >= 15 is 0 Å². The highest BCUT2D eigenvalue weighted by molar-refractivity contribution is 4.81. The van der Waals surface area contributed by atoms with Gasteiger partial charge in [0.15, 0.2) is 0 Å². The number of halogens is 1. The molecule has 0 N–H and O–H groups in total. The van der Waals surface area contributed by atoms with E-state index < -0.39 is 5.85 Å². The molecule has 1 fully saturated rings. The lowest BCUT2D eigenvalue weighted by Crippen LogP contribution is -2.32. The third-order valence-corrected chi connectivity index (χ3v) is 1.82. The Bertz CT molecular complexity index is 140. The number of ether oxygens (including phenoxy) is 1. The third kappa shape index (κ3) is 2.42. The highest BCUT2D eigenvalue weighted by Gasteiger charge is 2.38. The summed E-state index contributed by atoms with van der Waals surface area (Å²) in [6.07, 6.45) is 0.480. The molecule has 3 heteroatoms. The first-order valence-electron chi connectivity index (χ1n) is 4.07. The fourth-order valence-corrected chi connectivity index (χ4v) is 1.44. The zero-order valence-electron chi connectivity index (χ0n) is 7.43. The molecule has 0 unspecified atom stereocenters. The van der Waals surface area contributed by atoms with Gasteiger partial charge in [-0.15, -0.1) is 0 Å². The van der Waals surface area contributed by atoms with Crippen LogP contribution in [0.4, 0.5) is 4.39 Å². The quantitative estimate of drug-likeness (QED) is 0.607. The van der Waals surface area contributed by atoms with Crippen LogP contribution in [0.25, 0.3) is 0 Å². The molecule has 66 valence electrons. The van der Waals surface area contributed by atoms with Gasteiger partial charge in [-0.25, -0.2) is 4.39 Å². The van der Waals surface area contributed by atoms with Gasteiger partial charge in [0, 0.05) is 13.0 Å². The molecule has 1 heterocycles. The summed E-state index contributed by atoms with van der Waals surface area (Å²) in [7, 11) is 1.91. The third-order valence-electron chi connectivity index (χ3n) is 1.82. The van der Waals surface area contributed by atoms with E-state index in [1.807, 2.05) is 25.8 Å². The van der Waals surface area contributed by atoms with Gasteiger partial charge in [-0.1, -0.05) is 0 Å². The second-order valence-corrected chi connectivity index (χ2v) is 3.54. The van der Waals surface area contributed by atoms with Gasteiger partial charge in [0.2, 0.25) is 5.85 Å². The topological polar surface area (TPSA) is 12.5 Å². The molecule has 1 atom stereocenters. The SMILES string of the molecule is CC(C)O[C@]1(F)CCN(C)C1. The molecule has 0 aromatic heterocycles. The maximum Gasteiger partial charge on any atom is 0.223 e. The number of rotatable bonds is 2. The van der Waals surface area contributed by atoms with Crippen molar-refractivity contribution in [2.45, 2.75) is 32.2 Å².